The normalized spacial score (nSPS) is 17.7. The number of ether oxygens (including phenoxy) is 7. The number of imide groups is 1. The maximum Gasteiger partial charge on any atom is 0.288 e. The van der Waals surface area contributed by atoms with Gasteiger partial charge in [-0.2, -0.15) is 16.8 Å². The van der Waals surface area contributed by atoms with Crippen LogP contribution in [0.15, 0.2) is 103 Å². The van der Waals surface area contributed by atoms with Crippen molar-refractivity contribution in [2.75, 3.05) is 118 Å². The van der Waals surface area contributed by atoms with Crippen molar-refractivity contribution in [2.45, 2.75) is 73.8 Å². The SMILES string of the molecule is COCCOCCOCCN(CC(C)(C)SSCCC(C(=O)NCCN1C(=O)C=CC1=O)S(=O)(=O)O)c1cc(COc2cc3c(cc2OC)C(=O)N2c4ccccc4CC2CN3)cc(COc2cc3c(cc2OC)C(=O)N2c4ccccc4CC2C(S(=O)(=O)O)N3)c1. The summed E-state index contributed by atoms with van der Waals surface area (Å²) >= 11 is 0. The summed E-state index contributed by atoms with van der Waals surface area (Å²) in [6.07, 6.45) is 2.78. The fourth-order valence-corrected chi connectivity index (χ4v) is 16.2. The molecule has 0 fully saturated rings. The molecule has 0 radical (unpaired) electrons. The standard InChI is InChI=1S/C63H73N7O18S4/c1-63(2,90-89-25-16-56(91(76,77)78)59(73)64-17-18-68-57(71)14-15-58(68)72)38-67(19-20-85-23-24-86-22-21-82-3)43-27-39(36-87-54-33-47-45(31-52(54)83-4)61(74)69-44(35-65-47)29-41-10-6-8-12-49(41)69)26-40(28-43)37-88-55-34-48-46(32-53(55)84-5)62(75)70-50-13-9-7-11-42(50)30-51(70)60(66-48)92(79,80)81/h6-15,26-28,31-34,44,51,56,60,65-66H,16-25,29-30,35-38H2,1-5H3,(H,64,73)(H,76,77,78)(H,79,80,81). The highest BCUT2D eigenvalue weighted by molar-refractivity contribution is 8.77. The smallest absolute Gasteiger partial charge is 0.288 e. The Morgan fingerprint density at radius 2 is 1.30 bits per heavy atom. The van der Waals surface area contributed by atoms with Gasteiger partial charge in [0.1, 0.15) is 13.2 Å². The molecule has 4 unspecified atom stereocenters. The van der Waals surface area contributed by atoms with Crippen molar-refractivity contribution >= 4 is 99.8 Å². The number of hydrogen-bond donors (Lipinski definition) is 5. The van der Waals surface area contributed by atoms with E-state index in [1.807, 2.05) is 67.3 Å². The van der Waals surface area contributed by atoms with Gasteiger partial charge in [-0.15, -0.1) is 0 Å². The second-order valence-electron chi connectivity index (χ2n) is 22.9. The number of carbonyl (C=O) groups excluding carboxylic acids is 5. The lowest BCUT2D eigenvalue weighted by molar-refractivity contribution is -0.137. The monoisotopic (exact) mass is 1340 g/mol. The third-order valence-corrected chi connectivity index (χ3v) is 21.6. The average Bonchev–Trinajstić information content (AvgIpc) is 1.61. The van der Waals surface area contributed by atoms with Crippen LogP contribution in [0.3, 0.4) is 0 Å². The summed E-state index contributed by atoms with van der Waals surface area (Å²) in [4.78, 5) is 72.3. The molecule has 492 valence electrons. The molecule has 5 aliphatic heterocycles. The largest absolute Gasteiger partial charge is 0.493 e. The van der Waals surface area contributed by atoms with Gasteiger partial charge in [0, 0.05) is 91.7 Å². The minimum absolute atomic E-state index is 0.0244. The van der Waals surface area contributed by atoms with Gasteiger partial charge in [-0.1, -0.05) is 58.0 Å². The van der Waals surface area contributed by atoms with Crippen molar-refractivity contribution in [3.63, 3.8) is 0 Å². The second kappa shape index (κ2) is 29.1. The molecule has 5 N–H and O–H groups in total. The number of anilines is 5. The first-order valence-electron chi connectivity index (χ1n) is 29.7. The lowest BCUT2D eigenvalue weighted by Crippen LogP contribution is -2.49. The van der Waals surface area contributed by atoms with Gasteiger partial charge in [-0.25, -0.2) is 0 Å². The zero-order valence-electron chi connectivity index (χ0n) is 51.3. The summed E-state index contributed by atoms with van der Waals surface area (Å²) in [6.45, 7) is 6.24. The quantitative estimate of drug-likeness (QED) is 0.0139. The molecule has 25 nitrogen and oxygen atoms in total. The molecule has 5 aromatic carbocycles. The van der Waals surface area contributed by atoms with Crippen LogP contribution in [0.2, 0.25) is 0 Å². The molecule has 5 heterocycles. The van der Waals surface area contributed by atoms with E-state index >= 15 is 0 Å². The van der Waals surface area contributed by atoms with Crippen LogP contribution in [0.5, 0.6) is 23.0 Å². The van der Waals surface area contributed by atoms with Crippen molar-refractivity contribution in [1.29, 1.82) is 0 Å². The van der Waals surface area contributed by atoms with Crippen LogP contribution in [0.4, 0.5) is 28.4 Å². The number of carbonyl (C=O) groups is 5. The topological polar surface area (TPSA) is 308 Å². The highest BCUT2D eigenvalue weighted by Gasteiger charge is 2.48. The minimum Gasteiger partial charge on any atom is -0.493 e. The molecular formula is C63H73N7O18S4. The number of para-hydroxylation sites is 2. The van der Waals surface area contributed by atoms with Crippen molar-refractivity contribution in [3.8, 4) is 23.0 Å². The van der Waals surface area contributed by atoms with Gasteiger partial charge in [0.05, 0.1) is 81.8 Å². The molecule has 4 atom stereocenters. The van der Waals surface area contributed by atoms with Crippen molar-refractivity contribution < 1.29 is 83.1 Å². The summed E-state index contributed by atoms with van der Waals surface area (Å²) < 4.78 is 113. The van der Waals surface area contributed by atoms with Crippen LogP contribution >= 0.6 is 21.6 Å². The fourth-order valence-electron chi connectivity index (χ4n) is 11.8. The molecule has 0 saturated carbocycles. The summed E-state index contributed by atoms with van der Waals surface area (Å²) in [7, 11) is -2.45. The van der Waals surface area contributed by atoms with Gasteiger partial charge >= 0.3 is 0 Å². The molecule has 5 amide bonds. The maximum atomic E-state index is 14.5. The molecule has 0 aliphatic carbocycles. The van der Waals surface area contributed by atoms with Crippen LogP contribution in [0, 0.1) is 0 Å². The molecule has 5 aromatic rings. The number of benzene rings is 5. The Kier molecular flexibility index (Phi) is 21.3. The van der Waals surface area contributed by atoms with E-state index in [0.29, 0.717) is 91.1 Å². The molecule has 92 heavy (non-hydrogen) atoms. The molecular weight excluding hydrogens is 1270 g/mol. The van der Waals surface area contributed by atoms with E-state index in [4.69, 9.17) is 33.2 Å². The Morgan fingerprint density at radius 3 is 1.92 bits per heavy atom. The lowest BCUT2D eigenvalue weighted by atomic mass is 10.1. The summed E-state index contributed by atoms with van der Waals surface area (Å²) in [5.41, 5.74) is 6.38. The number of rotatable bonds is 31. The first-order chi connectivity index (χ1) is 44.0. The van der Waals surface area contributed by atoms with Crippen LogP contribution in [-0.2, 0) is 74.9 Å². The van der Waals surface area contributed by atoms with E-state index in [1.54, 1.807) is 37.4 Å². The van der Waals surface area contributed by atoms with Gasteiger partial charge in [0.2, 0.25) is 5.91 Å². The van der Waals surface area contributed by atoms with Gasteiger partial charge in [-0.3, -0.25) is 38.0 Å². The third-order valence-electron chi connectivity index (χ3n) is 16.1. The maximum absolute atomic E-state index is 14.5. The first kappa shape index (κ1) is 67.3. The highest BCUT2D eigenvalue weighted by atomic mass is 33.1. The predicted molar refractivity (Wildman–Crippen MR) is 349 cm³/mol. The Morgan fingerprint density at radius 1 is 0.728 bits per heavy atom. The Hall–Kier alpha value is -7.61. The number of fused-ring (bicyclic) bond motifs is 8. The number of methoxy groups -OCH3 is 3. The minimum atomic E-state index is -4.87. The van der Waals surface area contributed by atoms with Crippen molar-refractivity contribution in [2.24, 2.45) is 0 Å². The Labute approximate surface area is 541 Å². The van der Waals surface area contributed by atoms with Crippen molar-refractivity contribution in [1.82, 2.24) is 10.2 Å². The highest BCUT2D eigenvalue weighted by Crippen LogP contribution is 2.45. The summed E-state index contributed by atoms with van der Waals surface area (Å²) in [6, 6.07) is 26.0. The van der Waals surface area contributed by atoms with Crippen LogP contribution in [0.25, 0.3) is 0 Å². The lowest BCUT2D eigenvalue weighted by Gasteiger charge is -2.34. The fraction of sp³-hybridized carbons (Fsp3) is 0.413. The first-order valence-corrected chi connectivity index (χ1v) is 35.0. The molecule has 10 rings (SSSR count). The predicted octanol–water partition coefficient (Wildman–Crippen LogP) is 6.40. The molecule has 0 spiro atoms. The van der Waals surface area contributed by atoms with E-state index in [9.17, 15) is 49.9 Å². The van der Waals surface area contributed by atoms with E-state index in [-0.39, 0.29) is 92.8 Å². The molecule has 0 saturated heterocycles. The van der Waals surface area contributed by atoms with Crippen LogP contribution in [-0.4, -0.2) is 181 Å². The Bertz CT molecular complexity index is 3860. The second-order valence-corrected chi connectivity index (χ2v) is 29.2. The van der Waals surface area contributed by atoms with Crippen LogP contribution in [0.1, 0.15) is 63.2 Å². The van der Waals surface area contributed by atoms with Crippen LogP contribution < -0.4 is 49.6 Å². The number of hydrogen-bond acceptors (Lipinski definition) is 21. The molecule has 0 aromatic heterocycles. The van der Waals surface area contributed by atoms with E-state index in [0.717, 1.165) is 33.9 Å². The van der Waals surface area contributed by atoms with E-state index < -0.39 is 65.3 Å². The van der Waals surface area contributed by atoms with Gasteiger partial charge in [0.15, 0.2) is 33.6 Å². The summed E-state index contributed by atoms with van der Waals surface area (Å²) in [5.74, 6) is -1.69. The van der Waals surface area contributed by atoms with Gasteiger partial charge < -0.3 is 63.8 Å². The Balaban J connectivity index is 0.931. The molecule has 5 aliphatic rings. The van der Waals surface area contributed by atoms with Gasteiger partial charge in [-0.05, 0) is 97.8 Å². The van der Waals surface area contributed by atoms with E-state index in [2.05, 4.69) is 20.9 Å². The zero-order chi connectivity index (χ0) is 65.5. The number of nitrogens with one attached hydrogen (secondary N) is 3. The number of amides is 5. The van der Waals surface area contributed by atoms with E-state index in [1.165, 1.54) is 52.8 Å². The van der Waals surface area contributed by atoms with Crippen molar-refractivity contribution in [3.05, 3.63) is 137 Å². The average molecular weight is 1340 g/mol. The molecule has 29 heteroatoms. The third kappa shape index (κ3) is 15.5. The zero-order valence-corrected chi connectivity index (χ0v) is 54.6. The van der Waals surface area contributed by atoms with Gasteiger partial charge in [0.25, 0.3) is 43.9 Å². The summed E-state index contributed by atoms with van der Waals surface area (Å²) in [5, 5.41) is 5.43. The molecule has 0 bridgehead atoms. The number of nitrogens with zero attached hydrogens (tertiary/aromatic N) is 4.